The van der Waals surface area contributed by atoms with Crippen LogP contribution in [0.5, 0.6) is 0 Å². The molecule has 0 aromatic carbocycles. The molecule has 1 aliphatic carbocycles. The summed E-state index contributed by atoms with van der Waals surface area (Å²) in [6.07, 6.45) is 4.08. The van der Waals surface area contributed by atoms with Crippen LogP contribution in [0.15, 0.2) is 23.3 Å². The highest BCUT2D eigenvalue weighted by Crippen LogP contribution is 2.07. The third-order valence-corrected chi connectivity index (χ3v) is 1.18. The minimum absolute atomic E-state index is 0.0532. The first-order valence-corrected chi connectivity index (χ1v) is 2.76. The fourth-order valence-corrected chi connectivity index (χ4v) is 0.674. The van der Waals surface area contributed by atoms with Gasteiger partial charge in [-0.3, -0.25) is 10.2 Å². The van der Waals surface area contributed by atoms with Crippen LogP contribution < -0.4 is 0 Å². The van der Waals surface area contributed by atoms with Gasteiger partial charge >= 0.3 is 0 Å². The number of carbonyl (C=O) groups excluding carboxylic acids is 1. The molecule has 9 heavy (non-hydrogen) atoms. The summed E-state index contributed by atoms with van der Waals surface area (Å²) in [6, 6.07) is 0. The molecular formula is C6H4ClNO. The van der Waals surface area contributed by atoms with E-state index in [1.54, 1.807) is 0 Å². The number of hydrogen-bond donors (Lipinski definition) is 1. The summed E-state index contributed by atoms with van der Waals surface area (Å²) in [5.74, 6) is -0.292. The van der Waals surface area contributed by atoms with Gasteiger partial charge in [-0.1, -0.05) is 11.6 Å². The van der Waals surface area contributed by atoms with Crippen LogP contribution in [-0.4, -0.2) is 11.5 Å². The number of ketones is 1. The van der Waals surface area contributed by atoms with Gasteiger partial charge in [0.15, 0.2) is 0 Å². The van der Waals surface area contributed by atoms with E-state index in [0.29, 0.717) is 5.03 Å². The highest BCUT2D eigenvalue weighted by Gasteiger charge is 2.06. The molecule has 0 fully saturated rings. The molecule has 0 aromatic heterocycles. The fourth-order valence-electron chi connectivity index (χ4n) is 0.502. The summed E-state index contributed by atoms with van der Waals surface area (Å²) >= 11 is 5.46. The average Bonchev–Trinajstić information content (AvgIpc) is 1.80. The Morgan fingerprint density at radius 3 is 2.56 bits per heavy atom. The molecule has 46 valence electrons. The molecule has 0 unspecified atom stereocenters. The van der Waals surface area contributed by atoms with Crippen LogP contribution in [-0.2, 0) is 4.79 Å². The third kappa shape index (κ3) is 1.27. The van der Waals surface area contributed by atoms with Crippen LogP contribution in [0.25, 0.3) is 0 Å². The van der Waals surface area contributed by atoms with Crippen LogP contribution in [0, 0.1) is 5.41 Å². The number of allylic oxidation sites excluding steroid dienone is 4. The van der Waals surface area contributed by atoms with Gasteiger partial charge in [-0.25, -0.2) is 0 Å². The number of rotatable bonds is 0. The van der Waals surface area contributed by atoms with E-state index in [-0.39, 0.29) is 11.5 Å². The molecule has 1 rings (SSSR count). The standard InChI is InChI=1S/C6H4ClNO/c7-4-1-2-6(9)5(8)3-4/h1-3,8H. The van der Waals surface area contributed by atoms with Crippen LogP contribution in [0.3, 0.4) is 0 Å². The van der Waals surface area contributed by atoms with E-state index >= 15 is 0 Å². The number of hydrogen-bond acceptors (Lipinski definition) is 2. The lowest BCUT2D eigenvalue weighted by molar-refractivity contribution is -0.108. The quantitative estimate of drug-likeness (QED) is 0.507. The molecule has 0 spiro atoms. The zero-order valence-electron chi connectivity index (χ0n) is 4.52. The van der Waals surface area contributed by atoms with Gasteiger partial charge in [0.1, 0.15) is 5.71 Å². The van der Waals surface area contributed by atoms with Crippen LogP contribution in [0.1, 0.15) is 0 Å². The Kier molecular flexibility index (Phi) is 1.49. The molecule has 1 N–H and O–H groups in total. The fraction of sp³-hybridized carbons (Fsp3) is 0. The molecule has 1 aliphatic rings. The topological polar surface area (TPSA) is 40.9 Å². The van der Waals surface area contributed by atoms with E-state index in [1.807, 2.05) is 0 Å². The summed E-state index contributed by atoms with van der Waals surface area (Å²) < 4.78 is 0. The van der Waals surface area contributed by atoms with Gasteiger partial charge in [-0.05, 0) is 18.2 Å². The third-order valence-electron chi connectivity index (χ3n) is 0.942. The van der Waals surface area contributed by atoms with Crippen LogP contribution >= 0.6 is 11.6 Å². The van der Waals surface area contributed by atoms with Crippen molar-refractivity contribution in [3.05, 3.63) is 23.3 Å². The summed E-state index contributed by atoms with van der Waals surface area (Å²) in [6.45, 7) is 0. The van der Waals surface area contributed by atoms with Crippen molar-refractivity contribution in [1.82, 2.24) is 0 Å². The number of halogens is 1. The second-order valence-corrected chi connectivity index (χ2v) is 2.08. The Morgan fingerprint density at radius 2 is 2.11 bits per heavy atom. The average molecular weight is 142 g/mol. The van der Waals surface area contributed by atoms with Gasteiger partial charge < -0.3 is 0 Å². The molecule has 0 radical (unpaired) electrons. The molecule has 0 saturated carbocycles. The molecule has 0 amide bonds. The largest absolute Gasteiger partial charge is 0.297 e. The maximum Gasteiger partial charge on any atom is 0.203 e. The lowest BCUT2D eigenvalue weighted by Gasteiger charge is -1.97. The molecule has 0 bridgehead atoms. The van der Waals surface area contributed by atoms with E-state index in [1.165, 1.54) is 18.2 Å². The second kappa shape index (κ2) is 2.15. The first-order chi connectivity index (χ1) is 4.20. The highest BCUT2D eigenvalue weighted by atomic mass is 35.5. The van der Waals surface area contributed by atoms with Gasteiger partial charge in [0, 0.05) is 5.03 Å². The predicted molar refractivity (Wildman–Crippen MR) is 35.8 cm³/mol. The van der Waals surface area contributed by atoms with Crippen molar-refractivity contribution in [2.45, 2.75) is 0 Å². The molecule has 0 saturated heterocycles. The summed E-state index contributed by atoms with van der Waals surface area (Å²) in [5, 5.41) is 7.39. The predicted octanol–water partition coefficient (Wildman–Crippen LogP) is 1.27. The molecule has 2 nitrogen and oxygen atoms in total. The monoisotopic (exact) mass is 141 g/mol. The summed E-state index contributed by atoms with van der Waals surface area (Å²) in [4.78, 5) is 10.5. The van der Waals surface area contributed by atoms with E-state index < -0.39 is 0 Å². The smallest absolute Gasteiger partial charge is 0.203 e. The van der Waals surface area contributed by atoms with Gasteiger partial charge in [0.25, 0.3) is 0 Å². The zero-order valence-corrected chi connectivity index (χ0v) is 5.27. The van der Waals surface area contributed by atoms with E-state index in [2.05, 4.69) is 0 Å². The van der Waals surface area contributed by atoms with Crippen molar-refractivity contribution in [2.75, 3.05) is 0 Å². The summed E-state index contributed by atoms with van der Waals surface area (Å²) in [5.41, 5.74) is -0.0532. The first kappa shape index (κ1) is 6.23. The van der Waals surface area contributed by atoms with Gasteiger partial charge in [-0.15, -0.1) is 0 Å². The summed E-state index contributed by atoms with van der Waals surface area (Å²) in [7, 11) is 0. The van der Waals surface area contributed by atoms with E-state index in [0.717, 1.165) is 0 Å². The number of carbonyl (C=O) groups is 1. The van der Waals surface area contributed by atoms with Crippen LogP contribution in [0.4, 0.5) is 0 Å². The minimum Gasteiger partial charge on any atom is -0.297 e. The van der Waals surface area contributed by atoms with E-state index in [9.17, 15) is 4.79 Å². The maximum absolute atomic E-state index is 10.5. The van der Waals surface area contributed by atoms with Crippen molar-refractivity contribution < 1.29 is 4.79 Å². The lowest BCUT2D eigenvalue weighted by Crippen LogP contribution is -2.09. The van der Waals surface area contributed by atoms with Crippen molar-refractivity contribution in [1.29, 1.82) is 5.41 Å². The van der Waals surface area contributed by atoms with Crippen molar-refractivity contribution >= 4 is 23.1 Å². The molecular weight excluding hydrogens is 138 g/mol. The van der Waals surface area contributed by atoms with E-state index in [4.69, 9.17) is 17.0 Å². The molecule has 0 aromatic rings. The molecule has 0 aliphatic heterocycles. The van der Waals surface area contributed by atoms with Crippen LogP contribution in [0.2, 0.25) is 0 Å². The SMILES string of the molecule is N=C1C=C(Cl)C=CC1=O. The van der Waals surface area contributed by atoms with Crippen molar-refractivity contribution in [2.24, 2.45) is 0 Å². The normalized spacial score (nSPS) is 18.1. The highest BCUT2D eigenvalue weighted by molar-refractivity contribution is 6.50. The molecule has 0 heterocycles. The zero-order chi connectivity index (χ0) is 6.85. The van der Waals surface area contributed by atoms with Gasteiger partial charge in [0.05, 0.1) is 0 Å². The Bertz CT molecular complexity index is 227. The second-order valence-electron chi connectivity index (χ2n) is 1.64. The molecule has 0 atom stereocenters. The Morgan fingerprint density at radius 1 is 1.44 bits per heavy atom. The minimum atomic E-state index is -0.292. The van der Waals surface area contributed by atoms with Crippen molar-refractivity contribution in [3.8, 4) is 0 Å². The Labute approximate surface area is 57.3 Å². The lowest BCUT2D eigenvalue weighted by atomic mass is 10.1. The maximum atomic E-state index is 10.5. The Hall–Kier alpha value is -0.890. The first-order valence-electron chi connectivity index (χ1n) is 2.38. The number of nitrogens with one attached hydrogen (secondary N) is 1. The van der Waals surface area contributed by atoms with Gasteiger partial charge in [0.2, 0.25) is 5.78 Å². The van der Waals surface area contributed by atoms with Crippen molar-refractivity contribution in [3.63, 3.8) is 0 Å². The van der Waals surface area contributed by atoms with Gasteiger partial charge in [-0.2, -0.15) is 0 Å². The Balaban J connectivity index is 2.95. The molecule has 3 heteroatoms.